The second-order valence-electron chi connectivity index (χ2n) is 5.16. The molecule has 0 spiro atoms. The number of para-hydroxylation sites is 1. The van der Waals surface area contributed by atoms with E-state index in [9.17, 15) is 15.0 Å². The van der Waals surface area contributed by atoms with Gasteiger partial charge in [-0.1, -0.05) is 18.2 Å². The third-order valence-electron chi connectivity index (χ3n) is 3.31. The smallest absolute Gasteiger partial charge is 0.339 e. The maximum atomic E-state index is 11.3. The Morgan fingerprint density at radius 2 is 1.70 bits per heavy atom. The van der Waals surface area contributed by atoms with Crippen molar-refractivity contribution in [2.75, 3.05) is 13.2 Å². The highest BCUT2D eigenvalue weighted by Crippen LogP contribution is 2.28. The van der Waals surface area contributed by atoms with Crippen LogP contribution in [-0.4, -0.2) is 29.4 Å². The first kappa shape index (κ1) is 16.7. The molecule has 0 saturated heterocycles. The third kappa shape index (κ3) is 4.92. The van der Waals surface area contributed by atoms with Gasteiger partial charge >= 0.3 is 5.97 Å². The summed E-state index contributed by atoms with van der Waals surface area (Å²) in [6.45, 7) is 2.56. The van der Waals surface area contributed by atoms with Crippen LogP contribution in [0, 0.1) is 6.92 Å². The molecule has 2 rings (SSSR count). The van der Waals surface area contributed by atoms with E-state index in [0.717, 1.165) is 18.6 Å². The molecule has 23 heavy (non-hydrogen) atoms. The topological polar surface area (TPSA) is 76.0 Å². The normalized spacial score (nSPS) is 10.3. The summed E-state index contributed by atoms with van der Waals surface area (Å²) in [5, 5.41) is 18.8. The van der Waals surface area contributed by atoms with Crippen molar-refractivity contribution in [2.45, 2.75) is 19.8 Å². The van der Waals surface area contributed by atoms with Crippen LogP contribution in [0.1, 0.15) is 28.8 Å². The van der Waals surface area contributed by atoms with E-state index in [1.165, 1.54) is 12.1 Å². The fourth-order valence-corrected chi connectivity index (χ4v) is 2.22. The second-order valence-corrected chi connectivity index (χ2v) is 5.16. The molecule has 0 aromatic heterocycles. The van der Waals surface area contributed by atoms with E-state index in [2.05, 4.69) is 0 Å². The molecule has 2 N–H and O–H groups in total. The fourth-order valence-electron chi connectivity index (χ4n) is 2.22. The van der Waals surface area contributed by atoms with Gasteiger partial charge in [0.15, 0.2) is 0 Å². The van der Waals surface area contributed by atoms with E-state index in [-0.39, 0.29) is 17.1 Å². The first-order valence-corrected chi connectivity index (χ1v) is 7.45. The number of unbranched alkanes of at least 4 members (excludes halogenated alkanes) is 1. The number of aryl methyl sites for hydroxylation is 1. The van der Waals surface area contributed by atoms with Gasteiger partial charge in [-0.05, 0) is 43.5 Å². The molecule has 0 saturated carbocycles. The van der Waals surface area contributed by atoms with Gasteiger partial charge in [-0.2, -0.15) is 0 Å². The number of carboxylic acid groups (broad SMARTS) is 1. The number of ether oxygens (including phenoxy) is 2. The van der Waals surface area contributed by atoms with Gasteiger partial charge in [-0.3, -0.25) is 0 Å². The SMILES string of the molecule is Cc1cc(O)cc(OCCCCOc2ccccc2)c1C(=O)O. The predicted molar refractivity (Wildman–Crippen MR) is 86.5 cm³/mol. The number of carboxylic acids is 1. The van der Waals surface area contributed by atoms with Crippen molar-refractivity contribution < 1.29 is 24.5 Å². The average molecular weight is 316 g/mol. The summed E-state index contributed by atoms with van der Waals surface area (Å²) in [6.07, 6.45) is 1.51. The molecule has 2 aromatic rings. The summed E-state index contributed by atoms with van der Waals surface area (Å²) in [7, 11) is 0. The quantitative estimate of drug-likeness (QED) is 0.727. The lowest BCUT2D eigenvalue weighted by Crippen LogP contribution is -2.07. The largest absolute Gasteiger partial charge is 0.508 e. The van der Waals surface area contributed by atoms with Crippen LogP contribution in [0.2, 0.25) is 0 Å². The lowest BCUT2D eigenvalue weighted by Gasteiger charge is -2.12. The summed E-state index contributed by atoms with van der Waals surface area (Å²) in [4.78, 5) is 11.3. The Morgan fingerprint density at radius 3 is 2.35 bits per heavy atom. The molecule has 0 radical (unpaired) electrons. The van der Waals surface area contributed by atoms with E-state index >= 15 is 0 Å². The van der Waals surface area contributed by atoms with Crippen molar-refractivity contribution in [1.82, 2.24) is 0 Å². The highest BCUT2D eigenvalue weighted by molar-refractivity contribution is 5.92. The van der Waals surface area contributed by atoms with Gasteiger partial charge in [0.2, 0.25) is 0 Å². The first-order chi connectivity index (χ1) is 11.1. The molecular weight excluding hydrogens is 296 g/mol. The lowest BCUT2D eigenvalue weighted by molar-refractivity contribution is 0.0691. The van der Waals surface area contributed by atoms with E-state index in [0.29, 0.717) is 18.8 Å². The number of hydrogen-bond donors (Lipinski definition) is 2. The maximum Gasteiger partial charge on any atom is 0.339 e. The van der Waals surface area contributed by atoms with Gasteiger partial charge in [0.05, 0.1) is 13.2 Å². The summed E-state index contributed by atoms with van der Waals surface area (Å²) in [5.74, 6) is -0.0519. The van der Waals surface area contributed by atoms with Crippen LogP contribution < -0.4 is 9.47 Å². The zero-order valence-corrected chi connectivity index (χ0v) is 13.0. The molecule has 5 heteroatoms. The van der Waals surface area contributed by atoms with Gasteiger partial charge in [-0.25, -0.2) is 4.79 Å². The maximum absolute atomic E-state index is 11.3. The van der Waals surface area contributed by atoms with Gasteiger partial charge in [0.1, 0.15) is 22.8 Å². The first-order valence-electron chi connectivity index (χ1n) is 7.45. The summed E-state index contributed by atoms with van der Waals surface area (Å²) >= 11 is 0. The van der Waals surface area contributed by atoms with Crippen molar-refractivity contribution in [3.8, 4) is 17.2 Å². The van der Waals surface area contributed by atoms with Gasteiger partial charge in [-0.15, -0.1) is 0 Å². The van der Waals surface area contributed by atoms with Crippen LogP contribution in [0.25, 0.3) is 0 Å². The zero-order valence-electron chi connectivity index (χ0n) is 13.0. The van der Waals surface area contributed by atoms with Crippen LogP contribution >= 0.6 is 0 Å². The molecule has 0 heterocycles. The summed E-state index contributed by atoms with van der Waals surface area (Å²) in [6, 6.07) is 12.3. The van der Waals surface area contributed by atoms with Crippen LogP contribution in [0.5, 0.6) is 17.2 Å². The summed E-state index contributed by atoms with van der Waals surface area (Å²) < 4.78 is 11.1. The Balaban J connectivity index is 1.79. The molecule has 0 atom stereocenters. The molecule has 0 fully saturated rings. The number of phenolic OH excluding ortho intramolecular Hbond substituents is 1. The number of hydrogen-bond acceptors (Lipinski definition) is 4. The van der Waals surface area contributed by atoms with Crippen LogP contribution in [0.3, 0.4) is 0 Å². The second kappa shape index (κ2) is 8.08. The molecule has 0 aliphatic heterocycles. The molecular formula is C18H20O5. The number of aromatic carboxylic acids is 1. The van der Waals surface area contributed by atoms with E-state index < -0.39 is 5.97 Å². The minimum absolute atomic E-state index is 0.00471. The number of rotatable bonds is 8. The molecule has 2 aromatic carbocycles. The van der Waals surface area contributed by atoms with Crippen LogP contribution in [0.15, 0.2) is 42.5 Å². The Morgan fingerprint density at radius 1 is 1.04 bits per heavy atom. The lowest BCUT2D eigenvalue weighted by atomic mass is 10.1. The highest BCUT2D eigenvalue weighted by Gasteiger charge is 2.16. The van der Waals surface area contributed by atoms with Crippen LogP contribution in [0.4, 0.5) is 0 Å². The van der Waals surface area contributed by atoms with E-state index in [1.54, 1.807) is 6.92 Å². The molecule has 0 aliphatic carbocycles. The number of aromatic hydroxyl groups is 1. The zero-order chi connectivity index (χ0) is 16.7. The Hall–Kier alpha value is -2.69. The van der Waals surface area contributed by atoms with Crippen molar-refractivity contribution in [3.63, 3.8) is 0 Å². The Bertz CT molecular complexity index is 652. The highest BCUT2D eigenvalue weighted by atomic mass is 16.5. The molecule has 0 aliphatic rings. The van der Waals surface area contributed by atoms with Gasteiger partial charge in [0, 0.05) is 6.07 Å². The molecule has 0 bridgehead atoms. The number of phenols is 1. The van der Waals surface area contributed by atoms with Crippen molar-refractivity contribution in [1.29, 1.82) is 0 Å². The van der Waals surface area contributed by atoms with Gasteiger partial charge < -0.3 is 19.7 Å². The predicted octanol–water partition coefficient (Wildman–Crippen LogP) is 3.64. The minimum atomic E-state index is -1.06. The fraction of sp³-hybridized carbons (Fsp3) is 0.278. The third-order valence-corrected chi connectivity index (χ3v) is 3.31. The van der Waals surface area contributed by atoms with E-state index in [4.69, 9.17) is 9.47 Å². The standard InChI is InChI=1S/C18H20O5/c1-13-11-14(19)12-16(17(13)18(20)21)23-10-6-5-9-22-15-7-3-2-4-8-15/h2-4,7-8,11-12,19H,5-6,9-10H2,1H3,(H,20,21). The van der Waals surface area contributed by atoms with E-state index in [1.807, 2.05) is 30.3 Å². The average Bonchev–Trinajstić information content (AvgIpc) is 2.50. The number of carbonyl (C=O) groups is 1. The monoisotopic (exact) mass is 316 g/mol. The number of benzene rings is 2. The Kier molecular flexibility index (Phi) is 5.86. The Labute approximate surface area is 135 Å². The van der Waals surface area contributed by atoms with Crippen molar-refractivity contribution in [2.24, 2.45) is 0 Å². The summed E-state index contributed by atoms with van der Waals surface area (Å²) in [5.41, 5.74) is 0.559. The van der Waals surface area contributed by atoms with Crippen molar-refractivity contribution in [3.05, 3.63) is 53.6 Å². The van der Waals surface area contributed by atoms with Crippen molar-refractivity contribution >= 4 is 5.97 Å². The molecule has 0 unspecified atom stereocenters. The molecule has 0 amide bonds. The van der Waals surface area contributed by atoms with Crippen LogP contribution in [-0.2, 0) is 0 Å². The molecule has 5 nitrogen and oxygen atoms in total. The van der Waals surface area contributed by atoms with Gasteiger partial charge in [0.25, 0.3) is 0 Å². The minimum Gasteiger partial charge on any atom is -0.508 e. The molecule has 122 valence electrons.